The maximum absolute atomic E-state index is 11.0. The first-order valence-electron chi connectivity index (χ1n) is 4.48. The molecule has 1 aromatic rings. The van der Waals surface area contributed by atoms with Crippen molar-refractivity contribution < 1.29 is 4.79 Å². The second-order valence-corrected chi connectivity index (χ2v) is 3.29. The number of rotatable bonds is 3. The molecule has 0 aromatic carbocycles. The van der Waals surface area contributed by atoms with Crippen LogP contribution in [0.4, 0.5) is 5.69 Å². The van der Waals surface area contributed by atoms with Crippen LogP contribution in [-0.2, 0) is 0 Å². The van der Waals surface area contributed by atoms with Gasteiger partial charge in [-0.1, -0.05) is 0 Å². The van der Waals surface area contributed by atoms with E-state index in [1.165, 1.54) is 6.20 Å². The fourth-order valence-electron chi connectivity index (χ4n) is 1.33. The van der Waals surface area contributed by atoms with Crippen molar-refractivity contribution in [2.45, 2.75) is 6.04 Å². The van der Waals surface area contributed by atoms with Gasteiger partial charge >= 0.3 is 0 Å². The van der Waals surface area contributed by atoms with Crippen LogP contribution < -0.4 is 16.4 Å². The summed E-state index contributed by atoms with van der Waals surface area (Å²) in [5, 5.41) is 6.36. The molecule has 14 heavy (non-hydrogen) atoms. The molecule has 0 unspecified atom stereocenters. The van der Waals surface area contributed by atoms with E-state index in [1.807, 2.05) is 0 Å². The van der Waals surface area contributed by atoms with E-state index in [0.29, 0.717) is 11.6 Å². The molecule has 1 aliphatic rings. The smallest absolute Gasteiger partial charge is 0.252 e. The van der Waals surface area contributed by atoms with Crippen LogP contribution in [0.2, 0.25) is 0 Å². The minimum Gasteiger partial charge on any atom is -0.379 e. The van der Waals surface area contributed by atoms with Gasteiger partial charge in [-0.2, -0.15) is 0 Å². The molecule has 5 heteroatoms. The van der Waals surface area contributed by atoms with Crippen molar-refractivity contribution in [3.05, 3.63) is 24.0 Å². The molecule has 1 aliphatic heterocycles. The summed E-state index contributed by atoms with van der Waals surface area (Å²) in [6, 6.07) is 2.15. The van der Waals surface area contributed by atoms with Crippen molar-refractivity contribution >= 4 is 11.6 Å². The van der Waals surface area contributed by atoms with Crippen molar-refractivity contribution in [1.29, 1.82) is 0 Å². The molecule has 0 radical (unpaired) electrons. The largest absolute Gasteiger partial charge is 0.379 e. The average molecular weight is 192 g/mol. The number of primary amides is 1. The van der Waals surface area contributed by atoms with Gasteiger partial charge in [-0.3, -0.25) is 9.78 Å². The van der Waals surface area contributed by atoms with Crippen LogP contribution in [0, 0.1) is 0 Å². The fraction of sp³-hybridized carbons (Fsp3) is 0.333. The van der Waals surface area contributed by atoms with Gasteiger partial charge in [-0.25, -0.2) is 0 Å². The Labute approximate surface area is 81.7 Å². The highest BCUT2D eigenvalue weighted by molar-refractivity contribution is 5.98. The lowest BCUT2D eigenvalue weighted by atomic mass is 10.1. The van der Waals surface area contributed by atoms with Gasteiger partial charge in [-0.15, -0.1) is 0 Å². The second kappa shape index (κ2) is 3.63. The van der Waals surface area contributed by atoms with E-state index in [0.717, 1.165) is 18.8 Å². The van der Waals surface area contributed by atoms with Crippen molar-refractivity contribution in [3.63, 3.8) is 0 Å². The molecule has 2 rings (SSSR count). The maximum atomic E-state index is 11.0. The van der Waals surface area contributed by atoms with Crippen molar-refractivity contribution in [2.75, 3.05) is 18.4 Å². The number of hydrogen-bond donors (Lipinski definition) is 3. The molecule has 0 aliphatic carbocycles. The lowest BCUT2D eigenvalue weighted by Gasteiger charge is -2.29. The third-order valence-corrected chi connectivity index (χ3v) is 2.23. The van der Waals surface area contributed by atoms with Gasteiger partial charge in [0.15, 0.2) is 0 Å². The number of anilines is 1. The third kappa shape index (κ3) is 1.67. The molecule has 1 amide bonds. The Hall–Kier alpha value is -1.62. The molecule has 1 fully saturated rings. The Morgan fingerprint density at radius 3 is 3.00 bits per heavy atom. The summed E-state index contributed by atoms with van der Waals surface area (Å²) in [6.07, 6.45) is 3.12. The van der Waals surface area contributed by atoms with Gasteiger partial charge in [0.1, 0.15) is 0 Å². The highest BCUT2D eigenvalue weighted by Crippen LogP contribution is 2.14. The van der Waals surface area contributed by atoms with E-state index in [1.54, 1.807) is 12.3 Å². The summed E-state index contributed by atoms with van der Waals surface area (Å²) < 4.78 is 0. The molecule has 0 spiro atoms. The quantitative estimate of drug-likeness (QED) is 0.606. The van der Waals surface area contributed by atoms with Gasteiger partial charge in [0.2, 0.25) is 0 Å². The van der Waals surface area contributed by atoms with Gasteiger partial charge in [0, 0.05) is 25.5 Å². The molecule has 1 aromatic heterocycles. The van der Waals surface area contributed by atoms with Crippen molar-refractivity contribution in [1.82, 2.24) is 10.3 Å². The number of hydrogen-bond acceptors (Lipinski definition) is 4. The Kier molecular flexibility index (Phi) is 2.32. The highest BCUT2D eigenvalue weighted by atomic mass is 16.1. The number of amides is 1. The normalized spacial score (nSPS) is 16.0. The maximum Gasteiger partial charge on any atom is 0.252 e. The monoisotopic (exact) mass is 192 g/mol. The lowest BCUT2D eigenvalue weighted by molar-refractivity contribution is 0.100. The van der Waals surface area contributed by atoms with Crippen LogP contribution in [0.3, 0.4) is 0 Å². The van der Waals surface area contributed by atoms with E-state index < -0.39 is 5.91 Å². The van der Waals surface area contributed by atoms with Gasteiger partial charge in [-0.05, 0) is 6.07 Å². The van der Waals surface area contributed by atoms with Crippen LogP contribution in [-0.4, -0.2) is 30.0 Å². The Balaban J connectivity index is 2.17. The summed E-state index contributed by atoms with van der Waals surface area (Å²) in [7, 11) is 0. The van der Waals surface area contributed by atoms with Crippen LogP contribution in [0.5, 0.6) is 0 Å². The zero-order chi connectivity index (χ0) is 9.97. The first kappa shape index (κ1) is 8.96. The van der Waals surface area contributed by atoms with Crippen molar-refractivity contribution in [2.24, 2.45) is 5.73 Å². The number of carbonyl (C=O) groups excluding carboxylic acids is 1. The van der Waals surface area contributed by atoms with E-state index in [2.05, 4.69) is 15.6 Å². The van der Waals surface area contributed by atoms with E-state index >= 15 is 0 Å². The number of carbonyl (C=O) groups is 1. The summed E-state index contributed by atoms with van der Waals surface area (Å²) in [6.45, 7) is 1.83. The predicted octanol–water partition coefficient (Wildman–Crippen LogP) is -0.436. The predicted molar refractivity (Wildman–Crippen MR) is 53.0 cm³/mol. The summed E-state index contributed by atoms with van der Waals surface area (Å²) in [5.41, 5.74) is 6.42. The number of nitrogens with two attached hydrogens (primary N) is 1. The Bertz CT molecular complexity index is 348. The highest BCUT2D eigenvalue weighted by Gasteiger charge is 2.18. The molecule has 4 N–H and O–H groups in total. The molecule has 0 bridgehead atoms. The lowest BCUT2D eigenvalue weighted by Crippen LogP contribution is -2.51. The Morgan fingerprint density at radius 1 is 1.64 bits per heavy atom. The molecule has 0 saturated carbocycles. The molecule has 0 atom stereocenters. The zero-order valence-electron chi connectivity index (χ0n) is 7.66. The first-order valence-corrected chi connectivity index (χ1v) is 4.48. The van der Waals surface area contributed by atoms with Gasteiger partial charge in [0.05, 0.1) is 17.3 Å². The topological polar surface area (TPSA) is 80.0 Å². The van der Waals surface area contributed by atoms with E-state index in [-0.39, 0.29) is 0 Å². The zero-order valence-corrected chi connectivity index (χ0v) is 7.66. The van der Waals surface area contributed by atoms with Gasteiger partial charge < -0.3 is 16.4 Å². The number of aromatic nitrogens is 1. The van der Waals surface area contributed by atoms with E-state index in [4.69, 9.17) is 5.73 Å². The second-order valence-electron chi connectivity index (χ2n) is 3.29. The fourth-order valence-corrected chi connectivity index (χ4v) is 1.33. The summed E-state index contributed by atoms with van der Waals surface area (Å²) >= 11 is 0. The summed E-state index contributed by atoms with van der Waals surface area (Å²) in [4.78, 5) is 14.9. The van der Waals surface area contributed by atoms with Gasteiger partial charge in [0.25, 0.3) is 5.91 Å². The summed E-state index contributed by atoms with van der Waals surface area (Å²) in [5.74, 6) is -0.451. The molecular weight excluding hydrogens is 180 g/mol. The van der Waals surface area contributed by atoms with Crippen molar-refractivity contribution in [3.8, 4) is 0 Å². The van der Waals surface area contributed by atoms with Crippen LogP contribution in [0.15, 0.2) is 18.5 Å². The molecule has 2 heterocycles. The number of nitrogens with one attached hydrogen (secondary N) is 2. The molecule has 74 valence electrons. The molecule has 1 saturated heterocycles. The SMILES string of the molecule is NC(=O)c1cnccc1NC1CNC1. The number of nitrogens with zero attached hydrogens (tertiary/aromatic N) is 1. The van der Waals surface area contributed by atoms with Crippen LogP contribution in [0.1, 0.15) is 10.4 Å². The first-order chi connectivity index (χ1) is 6.77. The average Bonchev–Trinajstić information content (AvgIpc) is 2.12. The van der Waals surface area contributed by atoms with Crippen LogP contribution >= 0.6 is 0 Å². The third-order valence-electron chi connectivity index (χ3n) is 2.23. The molecular formula is C9H12N4O. The minimum atomic E-state index is -0.451. The standard InChI is InChI=1S/C9H12N4O/c10-9(14)7-5-11-2-1-8(7)13-6-3-12-4-6/h1-2,5-6,12H,3-4H2,(H2,10,14)(H,11,13). The Morgan fingerprint density at radius 2 is 2.43 bits per heavy atom. The number of pyridine rings is 1. The minimum absolute atomic E-state index is 0.385. The van der Waals surface area contributed by atoms with E-state index in [9.17, 15) is 4.79 Å². The molecule has 5 nitrogen and oxygen atoms in total. The van der Waals surface area contributed by atoms with Crippen LogP contribution in [0.25, 0.3) is 0 Å².